The summed E-state index contributed by atoms with van der Waals surface area (Å²) in [7, 11) is 0. The molecule has 0 bridgehead atoms. The average molecular weight is 295 g/mol. The van der Waals surface area contributed by atoms with Crippen molar-refractivity contribution >= 4 is 11.6 Å². The molecule has 7 nitrogen and oxygen atoms in total. The molecular weight excluding hydrogens is 270 g/mol. The molecule has 1 aromatic heterocycles. The molecule has 3 N–H and O–H groups in total. The van der Waals surface area contributed by atoms with E-state index in [0.717, 1.165) is 12.8 Å². The Kier molecular flexibility index (Phi) is 5.17. The lowest BCUT2D eigenvalue weighted by atomic mass is 9.84. The third kappa shape index (κ3) is 3.34. The molecular formula is C14H25N5O2. The maximum atomic E-state index is 11.2. The molecule has 0 spiro atoms. The van der Waals surface area contributed by atoms with Gasteiger partial charge < -0.3 is 21.2 Å². The van der Waals surface area contributed by atoms with Gasteiger partial charge in [-0.05, 0) is 35.6 Å². The van der Waals surface area contributed by atoms with E-state index in [-0.39, 0.29) is 11.9 Å². The van der Waals surface area contributed by atoms with Gasteiger partial charge in [0.05, 0.1) is 0 Å². The number of nitrogens with two attached hydrogens (primary N) is 1. The number of hydrogen-bond acceptors (Lipinski definition) is 5. The first-order valence-corrected chi connectivity index (χ1v) is 7.76. The number of hydrogen-bond donors (Lipinski definition) is 2. The van der Waals surface area contributed by atoms with Gasteiger partial charge in [0.1, 0.15) is 0 Å². The largest absolute Gasteiger partial charge is 0.406 e. The number of rotatable bonds is 6. The van der Waals surface area contributed by atoms with Crippen LogP contribution in [-0.2, 0) is 6.54 Å². The highest BCUT2D eigenvalue weighted by Gasteiger charge is 2.29. The summed E-state index contributed by atoms with van der Waals surface area (Å²) in [4.78, 5) is 14.9. The molecule has 118 valence electrons. The topological polar surface area (TPSA) is 99.0 Å². The second kappa shape index (κ2) is 6.89. The van der Waals surface area contributed by atoms with Gasteiger partial charge in [-0.2, -0.15) is 0 Å². The fourth-order valence-corrected chi connectivity index (χ4v) is 3.29. The van der Waals surface area contributed by atoms with Crippen LogP contribution >= 0.6 is 0 Å². The van der Waals surface area contributed by atoms with Crippen LogP contribution in [0.5, 0.6) is 0 Å². The number of nitrogens with zero attached hydrogens (tertiary/aromatic N) is 3. The third-order valence-electron chi connectivity index (χ3n) is 4.42. The van der Waals surface area contributed by atoms with Crippen LogP contribution < -0.4 is 11.1 Å². The van der Waals surface area contributed by atoms with Crippen LogP contribution in [0.4, 0.5) is 11.6 Å². The first kappa shape index (κ1) is 15.8. The number of nitrogens with one attached hydrogen (secondary N) is 1. The minimum atomic E-state index is -0.421. The van der Waals surface area contributed by atoms with E-state index >= 15 is 0 Å². The van der Waals surface area contributed by atoms with Gasteiger partial charge in [0.15, 0.2) is 0 Å². The molecule has 1 heterocycles. The summed E-state index contributed by atoms with van der Waals surface area (Å²) in [5.74, 6) is 1.56. The summed E-state index contributed by atoms with van der Waals surface area (Å²) in [6, 6.07) is 0.0744. The van der Waals surface area contributed by atoms with E-state index in [4.69, 9.17) is 5.73 Å². The minimum Gasteiger partial charge on any atom is -0.360 e. The van der Waals surface area contributed by atoms with Crippen molar-refractivity contribution in [2.75, 3.05) is 11.9 Å². The summed E-state index contributed by atoms with van der Waals surface area (Å²) < 4.78 is 1.85. The van der Waals surface area contributed by atoms with Gasteiger partial charge >= 0.3 is 5.82 Å². The fraction of sp³-hybridized carbons (Fsp3) is 0.786. The van der Waals surface area contributed by atoms with Crippen molar-refractivity contribution in [2.45, 2.75) is 58.5 Å². The normalized spacial score (nSPS) is 17.7. The molecule has 1 saturated carbocycles. The number of imidazole rings is 1. The smallest absolute Gasteiger partial charge is 0.360 e. The Morgan fingerprint density at radius 2 is 2.14 bits per heavy atom. The Balaban J connectivity index is 2.25. The Hall–Kier alpha value is -1.63. The van der Waals surface area contributed by atoms with E-state index in [9.17, 15) is 10.1 Å². The van der Waals surface area contributed by atoms with E-state index in [2.05, 4.69) is 10.3 Å². The summed E-state index contributed by atoms with van der Waals surface area (Å²) in [5.41, 5.74) is 5.91. The van der Waals surface area contributed by atoms with Gasteiger partial charge in [-0.1, -0.05) is 19.3 Å². The molecule has 0 saturated heterocycles. The molecule has 0 aromatic carbocycles. The Morgan fingerprint density at radius 1 is 1.48 bits per heavy atom. The summed E-state index contributed by atoms with van der Waals surface area (Å²) in [5, 5.41) is 14.5. The maximum Gasteiger partial charge on any atom is 0.406 e. The van der Waals surface area contributed by atoms with Gasteiger partial charge in [-0.3, -0.25) is 4.57 Å². The van der Waals surface area contributed by atoms with E-state index in [0.29, 0.717) is 30.6 Å². The second-order valence-corrected chi connectivity index (χ2v) is 5.72. The highest BCUT2D eigenvalue weighted by atomic mass is 16.6. The number of aryl methyl sites for hydroxylation is 1. The van der Waals surface area contributed by atoms with E-state index < -0.39 is 4.92 Å². The number of anilines is 1. The predicted molar refractivity (Wildman–Crippen MR) is 82.3 cm³/mol. The monoisotopic (exact) mass is 295 g/mol. The first-order valence-electron chi connectivity index (χ1n) is 7.76. The highest BCUT2D eigenvalue weighted by molar-refractivity contribution is 5.54. The standard InChI is InChI=1S/C14H25N5O2/c1-3-18-10(2)16-14(19(20)21)13(18)17-12(9-15)11-7-5-4-6-8-11/h11-12,17H,3-9,15H2,1-2H3. The van der Waals surface area contributed by atoms with Gasteiger partial charge in [-0.25, -0.2) is 0 Å². The van der Waals surface area contributed by atoms with E-state index in [1.54, 1.807) is 6.92 Å². The molecule has 0 amide bonds. The summed E-state index contributed by atoms with van der Waals surface area (Å²) in [6.07, 6.45) is 6.00. The zero-order valence-corrected chi connectivity index (χ0v) is 12.8. The van der Waals surface area contributed by atoms with Crippen molar-refractivity contribution in [1.82, 2.24) is 9.55 Å². The van der Waals surface area contributed by atoms with Gasteiger partial charge in [0.25, 0.3) is 0 Å². The summed E-state index contributed by atoms with van der Waals surface area (Å²) >= 11 is 0. The molecule has 1 aromatic rings. The van der Waals surface area contributed by atoms with E-state index in [1.807, 2.05) is 11.5 Å². The Bertz CT molecular complexity index is 494. The van der Waals surface area contributed by atoms with Crippen molar-refractivity contribution in [3.63, 3.8) is 0 Å². The number of aromatic nitrogens is 2. The molecule has 1 unspecified atom stereocenters. The van der Waals surface area contributed by atoms with Gasteiger partial charge in [0.2, 0.25) is 11.6 Å². The number of nitro groups is 1. The molecule has 1 aliphatic carbocycles. The van der Waals surface area contributed by atoms with Crippen molar-refractivity contribution in [1.29, 1.82) is 0 Å². The van der Waals surface area contributed by atoms with Crippen LogP contribution in [0.1, 0.15) is 44.9 Å². The van der Waals surface area contributed by atoms with Crippen LogP contribution in [0.15, 0.2) is 0 Å². The molecule has 0 aliphatic heterocycles. The lowest BCUT2D eigenvalue weighted by Gasteiger charge is -2.30. The molecule has 21 heavy (non-hydrogen) atoms. The quantitative estimate of drug-likeness (QED) is 0.620. The van der Waals surface area contributed by atoms with Gasteiger partial charge in [-0.15, -0.1) is 0 Å². The Morgan fingerprint density at radius 3 is 2.67 bits per heavy atom. The van der Waals surface area contributed by atoms with Crippen molar-refractivity contribution in [3.05, 3.63) is 15.9 Å². The SMILES string of the molecule is CCn1c(C)nc([N+](=O)[O-])c1NC(CN)C1CCCCC1. The third-order valence-corrected chi connectivity index (χ3v) is 4.42. The van der Waals surface area contributed by atoms with Crippen molar-refractivity contribution in [3.8, 4) is 0 Å². The lowest BCUT2D eigenvalue weighted by Crippen LogP contribution is -2.38. The first-order chi connectivity index (χ1) is 10.1. The molecule has 7 heteroatoms. The van der Waals surface area contributed by atoms with Crippen molar-refractivity contribution < 1.29 is 4.92 Å². The average Bonchev–Trinajstić information content (AvgIpc) is 2.81. The summed E-state index contributed by atoms with van der Waals surface area (Å²) in [6.45, 7) is 4.88. The zero-order valence-electron chi connectivity index (χ0n) is 12.8. The van der Waals surface area contributed by atoms with Crippen LogP contribution in [-0.4, -0.2) is 27.1 Å². The molecule has 1 fully saturated rings. The predicted octanol–water partition coefficient (Wildman–Crippen LogP) is 2.44. The van der Waals surface area contributed by atoms with Gasteiger partial charge in [0, 0.05) is 26.1 Å². The Labute approximate surface area is 125 Å². The van der Waals surface area contributed by atoms with Crippen LogP contribution in [0.3, 0.4) is 0 Å². The highest BCUT2D eigenvalue weighted by Crippen LogP contribution is 2.31. The van der Waals surface area contributed by atoms with Crippen molar-refractivity contribution in [2.24, 2.45) is 11.7 Å². The molecule has 1 atom stereocenters. The molecule has 0 radical (unpaired) electrons. The maximum absolute atomic E-state index is 11.2. The minimum absolute atomic E-state index is 0.0744. The van der Waals surface area contributed by atoms with E-state index in [1.165, 1.54) is 19.3 Å². The fourth-order valence-electron chi connectivity index (χ4n) is 3.29. The zero-order chi connectivity index (χ0) is 15.4. The van der Waals surface area contributed by atoms with Crippen LogP contribution in [0.2, 0.25) is 0 Å². The lowest BCUT2D eigenvalue weighted by molar-refractivity contribution is -0.388. The molecule has 2 rings (SSSR count). The van der Waals surface area contributed by atoms with Crippen LogP contribution in [0.25, 0.3) is 0 Å². The van der Waals surface area contributed by atoms with Crippen LogP contribution in [0, 0.1) is 23.0 Å². The second-order valence-electron chi connectivity index (χ2n) is 5.72. The molecule has 1 aliphatic rings.